The van der Waals surface area contributed by atoms with Crippen molar-refractivity contribution in [2.75, 3.05) is 5.75 Å². The number of rotatable bonds is 5. The molecule has 0 saturated carbocycles. The van der Waals surface area contributed by atoms with Gasteiger partial charge in [0.25, 0.3) is 0 Å². The van der Waals surface area contributed by atoms with Crippen LogP contribution in [0.5, 0.6) is 0 Å². The summed E-state index contributed by atoms with van der Waals surface area (Å²) in [7, 11) is 0. The molecule has 1 aromatic rings. The van der Waals surface area contributed by atoms with Crippen molar-refractivity contribution < 1.29 is 14.3 Å². The van der Waals surface area contributed by atoms with Crippen LogP contribution in [0.2, 0.25) is 0 Å². The first-order chi connectivity index (χ1) is 8.09. The lowest BCUT2D eigenvalue weighted by atomic mass is 10.2. The lowest BCUT2D eigenvalue weighted by molar-refractivity contribution is -0.148. The number of ether oxygens (including phenoxy) is 1. The van der Waals surface area contributed by atoms with E-state index in [9.17, 15) is 9.59 Å². The zero-order valence-corrected chi connectivity index (χ0v) is 10.8. The van der Waals surface area contributed by atoms with Crippen LogP contribution >= 0.6 is 11.8 Å². The molecule has 0 heterocycles. The lowest BCUT2D eigenvalue weighted by Crippen LogP contribution is -2.17. The number of thioether (sulfide) groups is 1. The second kappa shape index (κ2) is 7.12. The Kier molecular flexibility index (Phi) is 5.77. The van der Waals surface area contributed by atoms with Gasteiger partial charge >= 0.3 is 5.97 Å². The molecule has 3 nitrogen and oxygen atoms in total. The van der Waals surface area contributed by atoms with Crippen LogP contribution in [0.1, 0.15) is 19.4 Å². The van der Waals surface area contributed by atoms with Crippen molar-refractivity contribution in [2.24, 2.45) is 5.92 Å². The fraction of sp³-hybridized carbons (Fsp3) is 0.385. The standard InChI is InChI=1S/C13H16O3S/c1-10(9-17-11(2)14)13(15)16-8-12-6-4-3-5-7-12/h3-7,10H,8-9H2,1-2H3/t10-/m1/s1. The van der Waals surface area contributed by atoms with Crippen molar-refractivity contribution in [3.8, 4) is 0 Å². The third kappa shape index (κ3) is 5.54. The van der Waals surface area contributed by atoms with E-state index in [-0.39, 0.29) is 23.6 Å². The second-order valence-corrected chi connectivity index (χ2v) is 4.99. The fourth-order valence-corrected chi connectivity index (χ4v) is 1.80. The number of hydrogen-bond acceptors (Lipinski definition) is 4. The van der Waals surface area contributed by atoms with Crippen LogP contribution in [0.4, 0.5) is 0 Å². The van der Waals surface area contributed by atoms with E-state index in [0.29, 0.717) is 5.75 Å². The van der Waals surface area contributed by atoms with Crippen LogP contribution in [0.15, 0.2) is 30.3 Å². The summed E-state index contributed by atoms with van der Waals surface area (Å²) in [5, 5.41) is 0.0210. The SMILES string of the molecule is CC(=O)SC[C@@H](C)C(=O)OCc1ccccc1. The first kappa shape index (κ1) is 13.8. The number of carbonyl (C=O) groups excluding carboxylic acids is 2. The van der Waals surface area contributed by atoms with E-state index in [1.807, 2.05) is 30.3 Å². The molecular formula is C13H16O3S. The molecule has 0 unspecified atom stereocenters. The lowest BCUT2D eigenvalue weighted by Gasteiger charge is -2.10. The van der Waals surface area contributed by atoms with Crippen molar-refractivity contribution in [1.29, 1.82) is 0 Å². The summed E-state index contributed by atoms with van der Waals surface area (Å²) in [5.74, 6) is -0.0432. The van der Waals surface area contributed by atoms with Gasteiger partial charge in [0.1, 0.15) is 6.61 Å². The van der Waals surface area contributed by atoms with Crippen LogP contribution in [0, 0.1) is 5.92 Å². The smallest absolute Gasteiger partial charge is 0.309 e. The molecule has 1 atom stereocenters. The van der Waals surface area contributed by atoms with Gasteiger partial charge < -0.3 is 4.74 Å². The zero-order chi connectivity index (χ0) is 12.7. The van der Waals surface area contributed by atoms with E-state index in [1.54, 1.807) is 6.92 Å². The minimum absolute atomic E-state index is 0.0210. The zero-order valence-electron chi connectivity index (χ0n) is 10.0. The summed E-state index contributed by atoms with van der Waals surface area (Å²) < 4.78 is 5.16. The molecule has 0 radical (unpaired) electrons. The van der Waals surface area contributed by atoms with Gasteiger partial charge in [0.05, 0.1) is 5.92 Å². The highest BCUT2D eigenvalue weighted by molar-refractivity contribution is 8.13. The maximum atomic E-state index is 11.6. The van der Waals surface area contributed by atoms with Gasteiger partial charge in [-0.1, -0.05) is 49.0 Å². The van der Waals surface area contributed by atoms with E-state index >= 15 is 0 Å². The molecule has 0 N–H and O–H groups in total. The third-order valence-electron chi connectivity index (χ3n) is 2.16. The number of benzene rings is 1. The van der Waals surface area contributed by atoms with E-state index in [1.165, 1.54) is 6.92 Å². The highest BCUT2D eigenvalue weighted by Gasteiger charge is 2.15. The molecule has 0 fully saturated rings. The molecule has 0 aliphatic carbocycles. The van der Waals surface area contributed by atoms with E-state index < -0.39 is 0 Å². The fourth-order valence-electron chi connectivity index (χ4n) is 1.18. The van der Waals surface area contributed by atoms with Crippen molar-refractivity contribution in [3.05, 3.63) is 35.9 Å². The summed E-state index contributed by atoms with van der Waals surface area (Å²) in [6.07, 6.45) is 0. The third-order valence-corrected chi connectivity index (χ3v) is 3.24. The first-order valence-corrected chi connectivity index (χ1v) is 6.42. The molecule has 17 heavy (non-hydrogen) atoms. The minimum Gasteiger partial charge on any atom is -0.461 e. The van der Waals surface area contributed by atoms with Crippen LogP contribution in [0.25, 0.3) is 0 Å². The molecule has 1 rings (SSSR count). The predicted molar refractivity (Wildman–Crippen MR) is 68.5 cm³/mol. The molecule has 0 bridgehead atoms. The van der Waals surface area contributed by atoms with E-state index in [2.05, 4.69) is 0 Å². The Labute approximate surface area is 106 Å². The van der Waals surface area contributed by atoms with Crippen molar-refractivity contribution >= 4 is 22.8 Å². The Balaban J connectivity index is 2.32. The van der Waals surface area contributed by atoms with Crippen LogP contribution in [0.3, 0.4) is 0 Å². The van der Waals surface area contributed by atoms with E-state index in [4.69, 9.17) is 4.74 Å². The summed E-state index contributed by atoms with van der Waals surface area (Å²) in [5.41, 5.74) is 0.965. The molecule has 4 heteroatoms. The topological polar surface area (TPSA) is 43.4 Å². The molecule has 0 amide bonds. The average Bonchev–Trinajstić information content (AvgIpc) is 2.34. The van der Waals surface area contributed by atoms with Gasteiger partial charge in [-0.3, -0.25) is 9.59 Å². The first-order valence-electron chi connectivity index (χ1n) is 5.43. The van der Waals surface area contributed by atoms with Gasteiger partial charge in [0.15, 0.2) is 5.12 Å². The van der Waals surface area contributed by atoms with Crippen LogP contribution in [-0.4, -0.2) is 16.8 Å². The van der Waals surface area contributed by atoms with Crippen molar-refractivity contribution in [3.63, 3.8) is 0 Å². The monoisotopic (exact) mass is 252 g/mol. The minimum atomic E-state index is -0.261. The van der Waals surface area contributed by atoms with Crippen molar-refractivity contribution in [1.82, 2.24) is 0 Å². The molecule has 0 saturated heterocycles. The van der Waals surface area contributed by atoms with Gasteiger partial charge in [-0.05, 0) is 5.56 Å². The number of esters is 1. The summed E-state index contributed by atoms with van der Waals surface area (Å²) in [6, 6.07) is 9.53. The maximum absolute atomic E-state index is 11.6. The van der Waals surface area contributed by atoms with Crippen molar-refractivity contribution in [2.45, 2.75) is 20.5 Å². The molecular weight excluding hydrogens is 236 g/mol. The molecule has 0 aliphatic rings. The molecule has 1 aromatic carbocycles. The van der Waals surface area contributed by atoms with E-state index in [0.717, 1.165) is 17.3 Å². The normalized spacial score (nSPS) is 11.9. The Bertz CT molecular complexity index is 376. The van der Waals surface area contributed by atoms with Crippen LogP contribution < -0.4 is 0 Å². The quantitative estimate of drug-likeness (QED) is 0.756. The average molecular weight is 252 g/mol. The molecule has 92 valence electrons. The second-order valence-electron chi connectivity index (χ2n) is 3.80. The largest absolute Gasteiger partial charge is 0.461 e. The predicted octanol–water partition coefficient (Wildman–Crippen LogP) is 2.65. The Morgan fingerprint density at radius 2 is 1.94 bits per heavy atom. The van der Waals surface area contributed by atoms with Gasteiger partial charge in [0.2, 0.25) is 0 Å². The van der Waals surface area contributed by atoms with Gasteiger partial charge in [0, 0.05) is 12.7 Å². The van der Waals surface area contributed by atoms with Gasteiger partial charge in [-0.2, -0.15) is 0 Å². The highest BCUT2D eigenvalue weighted by Crippen LogP contribution is 2.11. The summed E-state index contributed by atoms with van der Waals surface area (Å²) in [4.78, 5) is 22.3. The number of carbonyl (C=O) groups is 2. The molecule has 0 aliphatic heterocycles. The molecule has 0 spiro atoms. The maximum Gasteiger partial charge on any atom is 0.309 e. The Morgan fingerprint density at radius 3 is 2.53 bits per heavy atom. The Morgan fingerprint density at radius 1 is 1.29 bits per heavy atom. The molecule has 0 aromatic heterocycles. The summed E-state index contributed by atoms with van der Waals surface area (Å²) >= 11 is 1.15. The highest BCUT2D eigenvalue weighted by atomic mass is 32.2. The van der Waals surface area contributed by atoms with Crippen LogP contribution in [-0.2, 0) is 20.9 Å². The van der Waals surface area contributed by atoms with Gasteiger partial charge in [-0.25, -0.2) is 0 Å². The Hall–Kier alpha value is -1.29. The summed E-state index contributed by atoms with van der Waals surface area (Å²) in [6.45, 7) is 3.55. The number of hydrogen-bond donors (Lipinski definition) is 0. The van der Waals surface area contributed by atoms with Gasteiger partial charge in [-0.15, -0.1) is 0 Å².